The van der Waals surface area contributed by atoms with Gasteiger partial charge < -0.3 is 0 Å². The molecule has 0 spiro atoms. The fourth-order valence-corrected chi connectivity index (χ4v) is 3.18. The van der Waals surface area contributed by atoms with Crippen LogP contribution in [0.3, 0.4) is 0 Å². The number of benzene rings is 3. The van der Waals surface area contributed by atoms with Gasteiger partial charge in [-0.2, -0.15) is 0 Å². The van der Waals surface area contributed by atoms with Crippen molar-refractivity contribution in [3.8, 4) is 22.3 Å². The highest BCUT2D eigenvalue weighted by Gasteiger charge is 2.05. The number of aryl methyl sites for hydroxylation is 2. The Kier molecular flexibility index (Phi) is 4.24. The molecule has 0 aliphatic heterocycles. The summed E-state index contributed by atoms with van der Waals surface area (Å²) in [7, 11) is 0. The maximum absolute atomic E-state index is 6.03. The largest absolute Gasteiger partial charge is 0.0843 e. The minimum atomic E-state index is 0.773. The summed E-state index contributed by atoms with van der Waals surface area (Å²) in [6.45, 7) is 4.16. The topological polar surface area (TPSA) is 0 Å². The summed E-state index contributed by atoms with van der Waals surface area (Å²) < 4.78 is 0. The fourth-order valence-electron chi connectivity index (χ4n) is 2.73. The van der Waals surface area contributed by atoms with Crippen molar-refractivity contribution in [1.82, 2.24) is 0 Å². The van der Waals surface area contributed by atoms with Crippen molar-refractivity contribution in [2.24, 2.45) is 0 Å². The molecule has 0 saturated carbocycles. The molecular formula is C20H16Cl2. The van der Waals surface area contributed by atoms with Gasteiger partial charge in [0.2, 0.25) is 0 Å². The normalized spacial score (nSPS) is 10.7. The van der Waals surface area contributed by atoms with Crippen LogP contribution in [0.4, 0.5) is 0 Å². The van der Waals surface area contributed by atoms with Crippen LogP contribution in [0.1, 0.15) is 11.1 Å². The Morgan fingerprint density at radius 3 is 1.23 bits per heavy atom. The lowest BCUT2D eigenvalue weighted by molar-refractivity contribution is 1.44. The molecule has 110 valence electrons. The third kappa shape index (κ3) is 3.04. The molecule has 0 aliphatic rings. The monoisotopic (exact) mass is 326 g/mol. The minimum absolute atomic E-state index is 0.773. The summed E-state index contributed by atoms with van der Waals surface area (Å²) in [5, 5.41) is 1.55. The molecule has 3 rings (SSSR count). The Balaban J connectivity index is 1.99. The Morgan fingerprint density at radius 1 is 0.545 bits per heavy atom. The molecule has 3 aromatic rings. The van der Waals surface area contributed by atoms with Gasteiger partial charge in [-0.3, -0.25) is 0 Å². The van der Waals surface area contributed by atoms with Crippen LogP contribution in [0.15, 0.2) is 60.7 Å². The fraction of sp³-hybridized carbons (Fsp3) is 0.100. The van der Waals surface area contributed by atoms with Crippen molar-refractivity contribution >= 4 is 23.2 Å². The number of hydrogen-bond donors (Lipinski definition) is 0. The van der Waals surface area contributed by atoms with Gasteiger partial charge in [0.1, 0.15) is 0 Å². The summed E-state index contributed by atoms with van der Waals surface area (Å²) >= 11 is 12.1. The molecule has 0 bridgehead atoms. The molecular weight excluding hydrogens is 311 g/mol. The van der Waals surface area contributed by atoms with Crippen molar-refractivity contribution in [1.29, 1.82) is 0 Å². The molecule has 0 aromatic heterocycles. The van der Waals surface area contributed by atoms with Crippen LogP contribution in [-0.2, 0) is 0 Å². The molecule has 0 radical (unpaired) electrons. The summed E-state index contributed by atoms with van der Waals surface area (Å²) in [5.74, 6) is 0. The predicted octanol–water partition coefficient (Wildman–Crippen LogP) is 6.94. The Hall–Kier alpha value is -1.76. The molecule has 0 atom stereocenters. The van der Waals surface area contributed by atoms with Crippen LogP contribution < -0.4 is 0 Å². The van der Waals surface area contributed by atoms with Crippen LogP contribution in [0.2, 0.25) is 10.0 Å². The van der Waals surface area contributed by atoms with Gasteiger partial charge in [0.25, 0.3) is 0 Å². The second-order valence-electron chi connectivity index (χ2n) is 5.50. The smallest absolute Gasteiger partial charge is 0.0409 e. The number of hydrogen-bond acceptors (Lipinski definition) is 0. The van der Waals surface area contributed by atoms with E-state index < -0.39 is 0 Å². The van der Waals surface area contributed by atoms with E-state index in [1.54, 1.807) is 0 Å². The minimum Gasteiger partial charge on any atom is -0.0843 e. The third-order valence-electron chi connectivity index (χ3n) is 3.88. The highest BCUT2D eigenvalue weighted by atomic mass is 35.5. The molecule has 0 fully saturated rings. The first-order chi connectivity index (χ1) is 10.5. The highest BCUT2D eigenvalue weighted by Crippen LogP contribution is 2.30. The average Bonchev–Trinajstić information content (AvgIpc) is 2.48. The lowest BCUT2D eigenvalue weighted by atomic mass is 9.96. The Morgan fingerprint density at radius 2 is 0.909 bits per heavy atom. The van der Waals surface area contributed by atoms with E-state index >= 15 is 0 Å². The predicted molar refractivity (Wildman–Crippen MR) is 96.8 cm³/mol. The lowest BCUT2D eigenvalue weighted by Gasteiger charge is -2.10. The first kappa shape index (κ1) is 15.1. The van der Waals surface area contributed by atoms with E-state index in [1.165, 1.54) is 33.4 Å². The molecule has 0 aliphatic carbocycles. The van der Waals surface area contributed by atoms with Crippen LogP contribution in [0, 0.1) is 13.8 Å². The second kappa shape index (κ2) is 6.16. The van der Waals surface area contributed by atoms with E-state index in [2.05, 4.69) is 50.2 Å². The van der Waals surface area contributed by atoms with Crippen LogP contribution >= 0.6 is 23.2 Å². The molecule has 0 unspecified atom stereocenters. The van der Waals surface area contributed by atoms with Crippen molar-refractivity contribution in [3.05, 3.63) is 81.8 Å². The zero-order chi connectivity index (χ0) is 15.7. The van der Waals surface area contributed by atoms with Gasteiger partial charge in [-0.1, -0.05) is 59.6 Å². The standard InChI is InChI=1S/C20H16Cl2/c1-13-11-17(21)7-9-19(13)15-3-5-16(6-4-15)20-10-8-18(22)12-14(20)2/h3-12H,1-2H3. The van der Waals surface area contributed by atoms with E-state index in [0.29, 0.717) is 0 Å². The summed E-state index contributed by atoms with van der Waals surface area (Å²) in [5.41, 5.74) is 7.19. The van der Waals surface area contributed by atoms with Gasteiger partial charge in [0, 0.05) is 10.0 Å². The maximum atomic E-state index is 6.03. The van der Waals surface area contributed by atoms with Crippen molar-refractivity contribution in [3.63, 3.8) is 0 Å². The van der Waals surface area contributed by atoms with Crippen LogP contribution in [-0.4, -0.2) is 0 Å². The van der Waals surface area contributed by atoms with Gasteiger partial charge >= 0.3 is 0 Å². The van der Waals surface area contributed by atoms with Crippen molar-refractivity contribution in [2.45, 2.75) is 13.8 Å². The lowest BCUT2D eigenvalue weighted by Crippen LogP contribution is -1.86. The Bertz CT molecular complexity index is 747. The first-order valence-corrected chi connectivity index (χ1v) is 7.93. The third-order valence-corrected chi connectivity index (χ3v) is 4.35. The second-order valence-corrected chi connectivity index (χ2v) is 6.37. The summed E-state index contributed by atoms with van der Waals surface area (Å²) in [6, 6.07) is 20.6. The first-order valence-electron chi connectivity index (χ1n) is 7.18. The van der Waals surface area contributed by atoms with E-state index in [1.807, 2.05) is 24.3 Å². The number of rotatable bonds is 2. The summed E-state index contributed by atoms with van der Waals surface area (Å²) in [4.78, 5) is 0. The molecule has 3 aromatic carbocycles. The summed E-state index contributed by atoms with van der Waals surface area (Å²) in [6.07, 6.45) is 0. The van der Waals surface area contributed by atoms with Gasteiger partial charge in [-0.25, -0.2) is 0 Å². The van der Waals surface area contributed by atoms with Crippen LogP contribution in [0.25, 0.3) is 22.3 Å². The highest BCUT2D eigenvalue weighted by molar-refractivity contribution is 6.31. The molecule has 0 nitrogen and oxygen atoms in total. The zero-order valence-corrected chi connectivity index (χ0v) is 14.0. The quantitative estimate of drug-likeness (QED) is 0.478. The van der Waals surface area contributed by atoms with Crippen molar-refractivity contribution < 1.29 is 0 Å². The molecule has 0 N–H and O–H groups in total. The molecule has 0 saturated heterocycles. The maximum Gasteiger partial charge on any atom is 0.0409 e. The van der Waals surface area contributed by atoms with E-state index in [9.17, 15) is 0 Å². The number of halogens is 2. The van der Waals surface area contributed by atoms with E-state index in [-0.39, 0.29) is 0 Å². The van der Waals surface area contributed by atoms with Gasteiger partial charge in [-0.05, 0) is 71.5 Å². The average molecular weight is 327 g/mol. The molecule has 2 heteroatoms. The Labute approximate surface area is 141 Å². The van der Waals surface area contributed by atoms with Crippen molar-refractivity contribution in [2.75, 3.05) is 0 Å². The van der Waals surface area contributed by atoms with E-state index in [0.717, 1.165) is 10.0 Å². The molecule has 22 heavy (non-hydrogen) atoms. The SMILES string of the molecule is Cc1cc(Cl)ccc1-c1ccc(-c2ccc(Cl)cc2C)cc1. The van der Waals surface area contributed by atoms with E-state index in [4.69, 9.17) is 23.2 Å². The van der Waals surface area contributed by atoms with Gasteiger partial charge in [0.05, 0.1) is 0 Å². The molecule has 0 heterocycles. The van der Waals surface area contributed by atoms with Crippen LogP contribution in [0.5, 0.6) is 0 Å². The van der Waals surface area contributed by atoms with Gasteiger partial charge in [-0.15, -0.1) is 0 Å². The van der Waals surface area contributed by atoms with Gasteiger partial charge in [0.15, 0.2) is 0 Å². The molecule has 0 amide bonds. The zero-order valence-electron chi connectivity index (χ0n) is 12.5.